The molecule has 0 saturated heterocycles. The number of hydrogen-bond donors (Lipinski definition) is 1. The summed E-state index contributed by atoms with van der Waals surface area (Å²) in [5.41, 5.74) is 1.01. The van der Waals surface area contributed by atoms with Crippen LogP contribution in [0.3, 0.4) is 0 Å². The summed E-state index contributed by atoms with van der Waals surface area (Å²) < 4.78 is 0. The lowest BCUT2D eigenvalue weighted by Gasteiger charge is -2.08. The molecule has 65 valence electrons. The van der Waals surface area contributed by atoms with E-state index in [2.05, 4.69) is 6.42 Å². The van der Waals surface area contributed by atoms with Gasteiger partial charge < -0.3 is 5.11 Å². The number of aliphatic hydroxyl groups excluding tert-OH is 1. The van der Waals surface area contributed by atoms with Gasteiger partial charge in [0.05, 0.1) is 6.10 Å². The summed E-state index contributed by atoms with van der Waals surface area (Å²) in [5, 5.41) is 9.63. The molecule has 0 saturated carbocycles. The molecule has 0 aromatic heterocycles. The molecule has 1 rings (SSSR count). The van der Waals surface area contributed by atoms with Gasteiger partial charge in [0.1, 0.15) is 0 Å². The molecular weight excluding hydrogens is 148 g/mol. The van der Waals surface area contributed by atoms with Gasteiger partial charge in [0.2, 0.25) is 0 Å². The lowest BCUT2D eigenvalue weighted by molar-refractivity contribution is 0.167. The number of rotatable bonds is 4. The van der Waals surface area contributed by atoms with Crippen molar-refractivity contribution in [3.8, 4) is 0 Å². The summed E-state index contributed by atoms with van der Waals surface area (Å²) in [6.45, 7) is 2.01. The highest BCUT2D eigenvalue weighted by Crippen LogP contribution is 2.17. The normalized spacial score (nSPS) is 12.8. The average Bonchev–Trinajstić information content (AvgIpc) is 2.15. The van der Waals surface area contributed by atoms with E-state index in [1.807, 2.05) is 37.3 Å². The number of aliphatic hydroxyl groups is 1. The van der Waals surface area contributed by atoms with Crippen LogP contribution in [0.1, 0.15) is 31.4 Å². The van der Waals surface area contributed by atoms with Crippen molar-refractivity contribution >= 4 is 0 Å². The quantitative estimate of drug-likeness (QED) is 0.723. The lowest BCUT2D eigenvalue weighted by Crippen LogP contribution is -1.96. The van der Waals surface area contributed by atoms with Crippen LogP contribution in [0.4, 0.5) is 0 Å². The van der Waals surface area contributed by atoms with Crippen LogP contribution in [0.25, 0.3) is 0 Å². The van der Waals surface area contributed by atoms with Crippen molar-refractivity contribution in [1.29, 1.82) is 0 Å². The first-order valence-corrected chi connectivity index (χ1v) is 4.35. The SMILES string of the molecule is C[CH]CCC(O)c1ccccc1. The molecule has 1 aromatic rings. The molecule has 0 fully saturated rings. The van der Waals surface area contributed by atoms with E-state index in [-0.39, 0.29) is 6.10 Å². The zero-order valence-corrected chi connectivity index (χ0v) is 7.40. The number of unbranched alkanes of at least 4 members (excludes halogenated alkanes) is 1. The second kappa shape index (κ2) is 4.94. The third-order valence-corrected chi connectivity index (χ3v) is 1.91. The molecule has 0 aliphatic carbocycles. The van der Waals surface area contributed by atoms with Gasteiger partial charge in [-0.1, -0.05) is 37.3 Å². The van der Waals surface area contributed by atoms with Gasteiger partial charge in [0.25, 0.3) is 0 Å². The van der Waals surface area contributed by atoms with E-state index in [4.69, 9.17) is 0 Å². The van der Waals surface area contributed by atoms with Crippen LogP contribution in [0.15, 0.2) is 30.3 Å². The molecule has 0 amide bonds. The van der Waals surface area contributed by atoms with E-state index >= 15 is 0 Å². The Balaban J connectivity index is 2.48. The molecule has 0 aliphatic rings. The summed E-state index contributed by atoms with van der Waals surface area (Å²) in [6, 6.07) is 9.78. The van der Waals surface area contributed by atoms with E-state index in [1.165, 1.54) is 0 Å². The van der Waals surface area contributed by atoms with Crippen LogP contribution in [-0.4, -0.2) is 5.11 Å². The second-order valence-electron chi connectivity index (χ2n) is 2.91. The van der Waals surface area contributed by atoms with Gasteiger partial charge in [0.15, 0.2) is 0 Å². The fourth-order valence-corrected chi connectivity index (χ4v) is 1.17. The molecule has 0 aliphatic heterocycles. The van der Waals surface area contributed by atoms with Crippen molar-refractivity contribution in [1.82, 2.24) is 0 Å². The van der Waals surface area contributed by atoms with Crippen molar-refractivity contribution in [2.75, 3.05) is 0 Å². The maximum absolute atomic E-state index is 9.63. The third kappa shape index (κ3) is 2.67. The zero-order chi connectivity index (χ0) is 8.81. The minimum Gasteiger partial charge on any atom is -0.388 e. The maximum atomic E-state index is 9.63. The minimum atomic E-state index is -0.303. The van der Waals surface area contributed by atoms with Crippen LogP contribution in [0.5, 0.6) is 0 Å². The molecule has 1 aromatic carbocycles. The van der Waals surface area contributed by atoms with Crippen LogP contribution in [0, 0.1) is 6.42 Å². The Kier molecular flexibility index (Phi) is 3.81. The van der Waals surface area contributed by atoms with Gasteiger partial charge in [0, 0.05) is 0 Å². The minimum absolute atomic E-state index is 0.303. The Hall–Kier alpha value is -0.820. The van der Waals surface area contributed by atoms with Crippen LogP contribution >= 0.6 is 0 Å². The summed E-state index contributed by atoms with van der Waals surface area (Å²) in [4.78, 5) is 0. The molecule has 1 N–H and O–H groups in total. The summed E-state index contributed by atoms with van der Waals surface area (Å²) in [5.74, 6) is 0. The Bertz CT molecular complexity index is 206. The topological polar surface area (TPSA) is 20.2 Å². The molecule has 1 heteroatoms. The van der Waals surface area contributed by atoms with Crippen molar-refractivity contribution < 1.29 is 5.11 Å². The molecule has 1 atom stereocenters. The smallest absolute Gasteiger partial charge is 0.0790 e. The van der Waals surface area contributed by atoms with Gasteiger partial charge in [-0.25, -0.2) is 0 Å². The number of benzene rings is 1. The fraction of sp³-hybridized carbons (Fsp3) is 0.364. The van der Waals surface area contributed by atoms with Gasteiger partial charge >= 0.3 is 0 Å². The fourth-order valence-electron chi connectivity index (χ4n) is 1.17. The highest BCUT2D eigenvalue weighted by Gasteiger charge is 2.04. The van der Waals surface area contributed by atoms with E-state index < -0.39 is 0 Å². The Morgan fingerprint density at radius 1 is 1.33 bits per heavy atom. The monoisotopic (exact) mass is 163 g/mol. The molecule has 12 heavy (non-hydrogen) atoms. The molecule has 1 nitrogen and oxygen atoms in total. The van der Waals surface area contributed by atoms with E-state index in [1.54, 1.807) is 0 Å². The predicted molar refractivity (Wildman–Crippen MR) is 50.6 cm³/mol. The molecule has 1 radical (unpaired) electrons. The predicted octanol–water partition coefficient (Wildman–Crippen LogP) is 2.72. The lowest BCUT2D eigenvalue weighted by atomic mass is 10.0. The highest BCUT2D eigenvalue weighted by molar-refractivity contribution is 5.17. The van der Waals surface area contributed by atoms with E-state index in [0.29, 0.717) is 0 Å². The van der Waals surface area contributed by atoms with Gasteiger partial charge in [-0.15, -0.1) is 0 Å². The van der Waals surface area contributed by atoms with Crippen molar-refractivity contribution in [2.45, 2.75) is 25.9 Å². The molecule has 1 unspecified atom stereocenters. The molecule has 0 spiro atoms. The highest BCUT2D eigenvalue weighted by atomic mass is 16.3. The first-order valence-electron chi connectivity index (χ1n) is 4.35. The van der Waals surface area contributed by atoms with Gasteiger partial charge in [-0.2, -0.15) is 0 Å². The Morgan fingerprint density at radius 2 is 2.00 bits per heavy atom. The van der Waals surface area contributed by atoms with E-state index in [0.717, 1.165) is 18.4 Å². The first kappa shape index (κ1) is 9.27. The first-order chi connectivity index (χ1) is 5.84. The average molecular weight is 163 g/mol. The van der Waals surface area contributed by atoms with Crippen LogP contribution in [0.2, 0.25) is 0 Å². The Labute approximate surface area is 74.1 Å². The van der Waals surface area contributed by atoms with E-state index in [9.17, 15) is 5.11 Å². The summed E-state index contributed by atoms with van der Waals surface area (Å²) in [6.07, 6.45) is 3.56. The zero-order valence-electron chi connectivity index (χ0n) is 7.40. The number of hydrogen-bond acceptors (Lipinski definition) is 1. The van der Waals surface area contributed by atoms with Crippen molar-refractivity contribution in [2.24, 2.45) is 0 Å². The standard InChI is InChI=1S/C11H15O/c1-2-3-9-11(12)10-7-5-4-6-8-10/h2,4-8,11-12H,3,9H2,1H3. The van der Waals surface area contributed by atoms with Gasteiger partial charge in [-0.05, 0) is 24.8 Å². The van der Waals surface area contributed by atoms with Crippen molar-refractivity contribution in [3.63, 3.8) is 0 Å². The maximum Gasteiger partial charge on any atom is 0.0790 e. The summed E-state index contributed by atoms with van der Waals surface area (Å²) >= 11 is 0. The third-order valence-electron chi connectivity index (χ3n) is 1.91. The van der Waals surface area contributed by atoms with Gasteiger partial charge in [-0.3, -0.25) is 0 Å². The molecular formula is C11H15O. The van der Waals surface area contributed by atoms with Crippen LogP contribution < -0.4 is 0 Å². The van der Waals surface area contributed by atoms with Crippen molar-refractivity contribution in [3.05, 3.63) is 42.3 Å². The largest absolute Gasteiger partial charge is 0.388 e. The van der Waals surface area contributed by atoms with Crippen LogP contribution in [-0.2, 0) is 0 Å². The second-order valence-corrected chi connectivity index (χ2v) is 2.91. The Morgan fingerprint density at radius 3 is 2.58 bits per heavy atom. The molecule has 0 heterocycles. The summed E-state index contributed by atoms with van der Waals surface area (Å²) in [7, 11) is 0. The molecule has 0 bridgehead atoms.